The third-order valence-corrected chi connectivity index (χ3v) is 3.33. The molecule has 1 aromatic rings. The molecule has 0 saturated carbocycles. The number of halogens is 1. The molecule has 1 heterocycles. The second-order valence-electron chi connectivity index (χ2n) is 4.22. The van der Waals surface area contributed by atoms with Crippen molar-refractivity contribution in [2.24, 2.45) is 5.92 Å². The highest BCUT2D eigenvalue weighted by Crippen LogP contribution is 2.17. The van der Waals surface area contributed by atoms with Gasteiger partial charge in [0.05, 0.1) is 10.7 Å². The van der Waals surface area contributed by atoms with Gasteiger partial charge in [-0.3, -0.25) is 0 Å². The molecule has 2 N–H and O–H groups in total. The minimum absolute atomic E-state index is 0.694. The number of aromatic nitrogens is 1. The maximum atomic E-state index is 6.06. The van der Waals surface area contributed by atoms with E-state index in [1.807, 2.05) is 19.2 Å². The van der Waals surface area contributed by atoms with Crippen LogP contribution < -0.4 is 10.6 Å². The van der Waals surface area contributed by atoms with Crippen LogP contribution in [0, 0.1) is 5.92 Å². The van der Waals surface area contributed by atoms with Crippen molar-refractivity contribution in [3.63, 3.8) is 0 Å². The van der Waals surface area contributed by atoms with Gasteiger partial charge in [0.2, 0.25) is 0 Å². The first kappa shape index (κ1) is 14.3. The number of rotatable bonds is 7. The number of nitrogens with one attached hydrogen (secondary N) is 2. The van der Waals surface area contributed by atoms with Crippen molar-refractivity contribution >= 4 is 17.4 Å². The first-order chi connectivity index (χ1) is 8.21. The van der Waals surface area contributed by atoms with Gasteiger partial charge in [-0.15, -0.1) is 0 Å². The van der Waals surface area contributed by atoms with E-state index in [1.54, 1.807) is 0 Å². The highest BCUT2D eigenvalue weighted by atomic mass is 35.5. The Morgan fingerprint density at radius 1 is 1.29 bits per heavy atom. The standard InChI is InChI=1S/C13H22ClN3/c1-4-10(5-2)8-16-13-7-6-11(14)12(17-13)9-15-3/h6-7,10,15H,4-5,8-9H2,1-3H3,(H,16,17). The highest BCUT2D eigenvalue weighted by molar-refractivity contribution is 6.31. The summed E-state index contributed by atoms with van der Waals surface area (Å²) in [4.78, 5) is 4.50. The van der Waals surface area contributed by atoms with Crippen molar-refractivity contribution in [1.29, 1.82) is 0 Å². The Labute approximate surface area is 109 Å². The predicted octanol–water partition coefficient (Wildman–Crippen LogP) is 3.30. The van der Waals surface area contributed by atoms with Crippen molar-refractivity contribution < 1.29 is 0 Å². The van der Waals surface area contributed by atoms with Gasteiger partial charge in [0.25, 0.3) is 0 Å². The Hall–Kier alpha value is -0.800. The van der Waals surface area contributed by atoms with Crippen molar-refractivity contribution in [1.82, 2.24) is 10.3 Å². The zero-order valence-electron chi connectivity index (χ0n) is 10.9. The van der Waals surface area contributed by atoms with Gasteiger partial charge < -0.3 is 10.6 Å². The van der Waals surface area contributed by atoms with Crippen LogP contribution in [0.1, 0.15) is 32.4 Å². The Balaban J connectivity index is 2.62. The molecule has 0 saturated heterocycles. The quantitative estimate of drug-likeness (QED) is 0.785. The molecule has 0 spiro atoms. The van der Waals surface area contributed by atoms with E-state index in [4.69, 9.17) is 11.6 Å². The van der Waals surface area contributed by atoms with E-state index in [0.29, 0.717) is 17.5 Å². The van der Waals surface area contributed by atoms with Crippen molar-refractivity contribution in [3.8, 4) is 0 Å². The molecule has 0 atom stereocenters. The van der Waals surface area contributed by atoms with Crippen LogP contribution in [-0.4, -0.2) is 18.6 Å². The minimum atomic E-state index is 0.694. The van der Waals surface area contributed by atoms with Crippen LogP contribution in [-0.2, 0) is 6.54 Å². The molecule has 3 nitrogen and oxygen atoms in total. The molecule has 1 aromatic heterocycles. The molecule has 0 aromatic carbocycles. The van der Waals surface area contributed by atoms with Crippen LogP contribution in [0.15, 0.2) is 12.1 Å². The van der Waals surface area contributed by atoms with Gasteiger partial charge in [0.1, 0.15) is 5.82 Å². The lowest BCUT2D eigenvalue weighted by Gasteiger charge is -2.14. The van der Waals surface area contributed by atoms with Gasteiger partial charge in [-0.2, -0.15) is 0 Å². The number of hydrogen-bond donors (Lipinski definition) is 2. The number of pyridine rings is 1. The minimum Gasteiger partial charge on any atom is -0.370 e. The van der Waals surface area contributed by atoms with E-state index in [-0.39, 0.29) is 0 Å². The normalized spacial score (nSPS) is 10.9. The molecule has 0 aliphatic carbocycles. The summed E-state index contributed by atoms with van der Waals surface area (Å²) in [5, 5.41) is 7.15. The molecule has 0 fully saturated rings. The molecule has 17 heavy (non-hydrogen) atoms. The average molecular weight is 256 g/mol. The molecule has 0 aliphatic heterocycles. The molecular formula is C13H22ClN3. The lowest BCUT2D eigenvalue weighted by atomic mass is 10.0. The van der Waals surface area contributed by atoms with Crippen molar-refractivity contribution in [3.05, 3.63) is 22.8 Å². The van der Waals surface area contributed by atoms with Crippen LogP contribution in [0.25, 0.3) is 0 Å². The molecule has 1 rings (SSSR count). The van der Waals surface area contributed by atoms with Crippen molar-refractivity contribution in [2.45, 2.75) is 33.2 Å². The van der Waals surface area contributed by atoms with E-state index in [9.17, 15) is 0 Å². The molecule has 4 heteroatoms. The average Bonchev–Trinajstić information content (AvgIpc) is 2.34. The summed E-state index contributed by atoms with van der Waals surface area (Å²) >= 11 is 6.06. The summed E-state index contributed by atoms with van der Waals surface area (Å²) in [5.41, 5.74) is 0.892. The molecule has 0 bridgehead atoms. The SMILES string of the molecule is CCC(CC)CNc1ccc(Cl)c(CNC)n1. The summed E-state index contributed by atoms with van der Waals surface area (Å²) in [5.74, 6) is 1.62. The molecule has 0 aliphatic rings. The fourth-order valence-corrected chi connectivity index (χ4v) is 1.87. The molecule has 0 amide bonds. The molecule has 0 unspecified atom stereocenters. The van der Waals surface area contributed by atoms with Gasteiger partial charge in [-0.25, -0.2) is 4.98 Å². The summed E-state index contributed by atoms with van der Waals surface area (Å²) in [6.45, 7) is 6.11. The number of anilines is 1. The maximum absolute atomic E-state index is 6.06. The van der Waals surface area contributed by atoms with Crippen molar-refractivity contribution in [2.75, 3.05) is 18.9 Å². The van der Waals surface area contributed by atoms with Gasteiger partial charge in [-0.05, 0) is 25.1 Å². The number of hydrogen-bond acceptors (Lipinski definition) is 3. The van der Waals surface area contributed by atoms with E-state index in [2.05, 4.69) is 29.5 Å². The summed E-state index contributed by atoms with van der Waals surface area (Å²) in [6.07, 6.45) is 2.39. The van der Waals surface area contributed by atoms with Crippen LogP contribution in [0.2, 0.25) is 5.02 Å². The first-order valence-corrected chi connectivity index (χ1v) is 6.62. The Morgan fingerprint density at radius 3 is 2.59 bits per heavy atom. The second-order valence-corrected chi connectivity index (χ2v) is 4.63. The lowest BCUT2D eigenvalue weighted by molar-refractivity contribution is 0.518. The Kier molecular flexibility index (Phi) is 6.30. The zero-order valence-corrected chi connectivity index (χ0v) is 11.6. The number of nitrogens with zero attached hydrogens (tertiary/aromatic N) is 1. The summed E-state index contributed by atoms with van der Waals surface area (Å²) < 4.78 is 0. The fraction of sp³-hybridized carbons (Fsp3) is 0.615. The topological polar surface area (TPSA) is 37.0 Å². The van der Waals surface area contributed by atoms with Gasteiger partial charge in [-0.1, -0.05) is 38.3 Å². The Morgan fingerprint density at radius 2 is 2.00 bits per heavy atom. The van der Waals surface area contributed by atoms with Gasteiger partial charge in [0.15, 0.2) is 0 Å². The zero-order chi connectivity index (χ0) is 12.7. The molecule has 0 radical (unpaired) electrons. The van der Waals surface area contributed by atoms with E-state index in [1.165, 1.54) is 12.8 Å². The highest BCUT2D eigenvalue weighted by Gasteiger charge is 2.06. The molecule has 96 valence electrons. The smallest absolute Gasteiger partial charge is 0.126 e. The monoisotopic (exact) mass is 255 g/mol. The van der Waals surface area contributed by atoms with E-state index < -0.39 is 0 Å². The summed E-state index contributed by atoms with van der Waals surface area (Å²) in [7, 11) is 1.89. The van der Waals surface area contributed by atoms with Crippen LogP contribution in [0.5, 0.6) is 0 Å². The van der Waals surface area contributed by atoms with Gasteiger partial charge in [0, 0.05) is 13.1 Å². The first-order valence-electron chi connectivity index (χ1n) is 6.25. The van der Waals surface area contributed by atoms with E-state index in [0.717, 1.165) is 18.1 Å². The summed E-state index contributed by atoms with van der Waals surface area (Å²) in [6, 6.07) is 3.83. The Bertz CT molecular complexity index is 337. The fourth-order valence-electron chi connectivity index (χ4n) is 1.70. The largest absolute Gasteiger partial charge is 0.370 e. The van der Waals surface area contributed by atoms with E-state index >= 15 is 0 Å². The van der Waals surface area contributed by atoms with Gasteiger partial charge >= 0.3 is 0 Å². The third kappa shape index (κ3) is 4.52. The van der Waals surface area contributed by atoms with Crippen LogP contribution in [0.3, 0.4) is 0 Å². The second kappa shape index (κ2) is 7.51. The lowest BCUT2D eigenvalue weighted by Crippen LogP contribution is -2.15. The van der Waals surface area contributed by atoms with Crippen LogP contribution in [0.4, 0.5) is 5.82 Å². The molecular weight excluding hydrogens is 234 g/mol. The third-order valence-electron chi connectivity index (χ3n) is 2.99. The van der Waals surface area contributed by atoms with Crippen LogP contribution >= 0.6 is 11.6 Å². The maximum Gasteiger partial charge on any atom is 0.126 e. The predicted molar refractivity (Wildman–Crippen MR) is 74.6 cm³/mol.